The monoisotopic (exact) mass is 227 g/mol. The molecule has 0 amide bonds. The predicted octanol–water partition coefficient (Wildman–Crippen LogP) is 2.21. The molecule has 3 nitrogen and oxygen atoms in total. The minimum Gasteiger partial charge on any atom is -0.310 e. The van der Waals surface area contributed by atoms with E-state index in [0.29, 0.717) is 6.04 Å². The van der Waals surface area contributed by atoms with Crippen LogP contribution < -0.4 is 5.32 Å². The number of aromatic nitrogens is 2. The predicted molar refractivity (Wildman–Crippen MR) is 67.2 cm³/mol. The highest BCUT2D eigenvalue weighted by atomic mass is 32.2. The second-order valence-corrected chi connectivity index (χ2v) is 4.81. The Kier molecular flexibility index (Phi) is 5.79. The minimum atomic E-state index is 0.410. The summed E-state index contributed by atoms with van der Waals surface area (Å²) in [6.07, 6.45) is 8.71. The molecular formula is C11H21N3S. The Morgan fingerprint density at radius 1 is 1.53 bits per heavy atom. The van der Waals surface area contributed by atoms with Gasteiger partial charge in [-0.1, -0.05) is 0 Å². The van der Waals surface area contributed by atoms with Crippen molar-refractivity contribution in [1.82, 2.24) is 15.1 Å². The maximum absolute atomic E-state index is 4.17. The zero-order valence-electron chi connectivity index (χ0n) is 9.86. The molecule has 0 aromatic carbocycles. The van der Waals surface area contributed by atoms with Crippen LogP contribution in [0, 0.1) is 0 Å². The lowest BCUT2D eigenvalue weighted by atomic mass is 10.2. The van der Waals surface area contributed by atoms with E-state index in [4.69, 9.17) is 0 Å². The Labute approximate surface area is 96.6 Å². The minimum absolute atomic E-state index is 0.410. The van der Waals surface area contributed by atoms with Crippen LogP contribution in [0.25, 0.3) is 0 Å². The molecule has 1 aromatic heterocycles. The van der Waals surface area contributed by atoms with E-state index in [9.17, 15) is 0 Å². The Hall–Kier alpha value is -0.480. The van der Waals surface area contributed by atoms with E-state index in [0.717, 1.165) is 6.54 Å². The first kappa shape index (κ1) is 12.6. The van der Waals surface area contributed by atoms with Gasteiger partial charge in [-0.25, -0.2) is 0 Å². The maximum Gasteiger partial charge on any atom is 0.0537 e. The van der Waals surface area contributed by atoms with E-state index in [-0.39, 0.29) is 0 Å². The van der Waals surface area contributed by atoms with Gasteiger partial charge in [-0.05, 0) is 38.3 Å². The van der Waals surface area contributed by atoms with Crippen molar-refractivity contribution in [2.75, 3.05) is 18.6 Å². The molecule has 0 bridgehead atoms. The molecule has 0 aliphatic carbocycles. The number of hydrogen-bond acceptors (Lipinski definition) is 3. The van der Waals surface area contributed by atoms with Crippen molar-refractivity contribution in [3.05, 3.63) is 18.0 Å². The number of aryl methyl sites for hydroxylation is 1. The smallest absolute Gasteiger partial charge is 0.0537 e. The first-order valence-corrected chi connectivity index (χ1v) is 6.84. The van der Waals surface area contributed by atoms with E-state index in [1.54, 1.807) is 0 Å². The fraction of sp³-hybridized carbons (Fsp3) is 0.727. The normalized spacial score (nSPS) is 13.0. The standard InChI is InChI=1S/C11H21N3S/c1-10(11-8-13-14(2)9-11)12-6-4-5-7-15-3/h8-10,12H,4-7H2,1-3H3. The molecule has 0 saturated heterocycles. The molecule has 0 aliphatic heterocycles. The van der Waals surface area contributed by atoms with E-state index in [1.165, 1.54) is 24.2 Å². The van der Waals surface area contributed by atoms with Crippen molar-refractivity contribution in [3.63, 3.8) is 0 Å². The van der Waals surface area contributed by atoms with Gasteiger partial charge in [-0.2, -0.15) is 16.9 Å². The zero-order valence-corrected chi connectivity index (χ0v) is 10.7. The van der Waals surface area contributed by atoms with Crippen LogP contribution in [-0.2, 0) is 7.05 Å². The van der Waals surface area contributed by atoms with Crippen LogP contribution in [0.1, 0.15) is 31.4 Å². The Morgan fingerprint density at radius 2 is 2.33 bits per heavy atom. The summed E-state index contributed by atoms with van der Waals surface area (Å²) < 4.78 is 1.85. The Morgan fingerprint density at radius 3 is 2.93 bits per heavy atom. The molecule has 4 heteroatoms. The third-order valence-electron chi connectivity index (χ3n) is 2.45. The molecule has 15 heavy (non-hydrogen) atoms. The molecule has 0 aliphatic rings. The number of rotatable bonds is 7. The summed E-state index contributed by atoms with van der Waals surface area (Å²) in [4.78, 5) is 0. The van der Waals surface area contributed by atoms with E-state index in [2.05, 4.69) is 29.8 Å². The van der Waals surface area contributed by atoms with Gasteiger partial charge in [0.15, 0.2) is 0 Å². The molecule has 1 unspecified atom stereocenters. The molecule has 86 valence electrons. The van der Waals surface area contributed by atoms with Crippen molar-refractivity contribution in [3.8, 4) is 0 Å². The number of unbranched alkanes of at least 4 members (excludes halogenated alkanes) is 1. The van der Waals surface area contributed by atoms with Gasteiger partial charge in [-0.3, -0.25) is 4.68 Å². The number of thioether (sulfide) groups is 1. The first-order valence-electron chi connectivity index (χ1n) is 5.45. The highest BCUT2D eigenvalue weighted by Gasteiger charge is 2.05. The van der Waals surface area contributed by atoms with E-state index >= 15 is 0 Å². The molecule has 0 saturated carbocycles. The number of nitrogens with one attached hydrogen (secondary N) is 1. The Bertz CT molecular complexity index is 273. The van der Waals surface area contributed by atoms with Crippen LogP contribution in [0.15, 0.2) is 12.4 Å². The SMILES string of the molecule is CSCCCCNC(C)c1cnn(C)c1. The fourth-order valence-corrected chi connectivity index (χ4v) is 1.96. The quantitative estimate of drug-likeness (QED) is 0.724. The summed E-state index contributed by atoms with van der Waals surface area (Å²) in [5, 5.41) is 7.68. The molecule has 1 heterocycles. The average molecular weight is 227 g/mol. The summed E-state index contributed by atoms with van der Waals surface area (Å²) in [5.74, 6) is 1.27. The van der Waals surface area contributed by atoms with Gasteiger partial charge in [-0.15, -0.1) is 0 Å². The molecule has 0 fully saturated rings. The second-order valence-electron chi connectivity index (χ2n) is 3.82. The highest BCUT2D eigenvalue weighted by Crippen LogP contribution is 2.10. The van der Waals surface area contributed by atoms with Gasteiger partial charge in [0.2, 0.25) is 0 Å². The van der Waals surface area contributed by atoms with Crippen LogP contribution >= 0.6 is 11.8 Å². The molecule has 1 N–H and O–H groups in total. The van der Waals surface area contributed by atoms with Gasteiger partial charge in [0.1, 0.15) is 0 Å². The molecule has 0 spiro atoms. The lowest BCUT2D eigenvalue weighted by Gasteiger charge is -2.11. The fourth-order valence-electron chi connectivity index (χ4n) is 1.47. The molecule has 0 radical (unpaired) electrons. The lowest BCUT2D eigenvalue weighted by molar-refractivity contribution is 0.555. The third-order valence-corrected chi connectivity index (χ3v) is 3.15. The third kappa shape index (κ3) is 4.71. The number of nitrogens with zero attached hydrogens (tertiary/aromatic N) is 2. The summed E-state index contributed by atoms with van der Waals surface area (Å²) in [6.45, 7) is 3.28. The maximum atomic E-state index is 4.17. The van der Waals surface area contributed by atoms with Gasteiger partial charge in [0.25, 0.3) is 0 Å². The lowest BCUT2D eigenvalue weighted by Crippen LogP contribution is -2.19. The first-order chi connectivity index (χ1) is 7.24. The summed E-state index contributed by atoms with van der Waals surface area (Å²) in [5.41, 5.74) is 1.27. The van der Waals surface area contributed by atoms with Crippen LogP contribution in [-0.4, -0.2) is 28.3 Å². The van der Waals surface area contributed by atoms with Gasteiger partial charge in [0, 0.05) is 24.8 Å². The van der Waals surface area contributed by atoms with Gasteiger partial charge >= 0.3 is 0 Å². The average Bonchev–Trinajstić information content (AvgIpc) is 2.64. The Balaban J connectivity index is 2.16. The summed E-state index contributed by atoms with van der Waals surface area (Å²) in [6, 6.07) is 0.410. The van der Waals surface area contributed by atoms with Crippen LogP contribution in [0.4, 0.5) is 0 Å². The summed E-state index contributed by atoms with van der Waals surface area (Å²) >= 11 is 1.92. The van der Waals surface area contributed by atoms with Crippen molar-refractivity contribution in [2.24, 2.45) is 7.05 Å². The van der Waals surface area contributed by atoms with Crippen LogP contribution in [0.3, 0.4) is 0 Å². The van der Waals surface area contributed by atoms with Crippen molar-refractivity contribution in [1.29, 1.82) is 0 Å². The summed E-state index contributed by atoms with van der Waals surface area (Å²) in [7, 11) is 1.95. The van der Waals surface area contributed by atoms with Crippen molar-refractivity contribution >= 4 is 11.8 Å². The van der Waals surface area contributed by atoms with Crippen molar-refractivity contribution < 1.29 is 0 Å². The van der Waals surface area contributed by atoms with Crippen LogP contribution in [0.2, 0.25) is 0 Å². The van der Waals surface area contributed by atoms with Gasteiger partial charge < -0.3 is 5.32 Å². The second kappa shape index (κ2) is 6.90. The van der Waals surface area contributed by atoms with Crippen molar-refractivity contribution in [2.45, 2.75) is 25.8 Å². The highest BCUT2D eigenvalue weighted by molar-refractivity contribution is 7.98. The van der Waals surface area contributed by atoms with E-state index < -0.39 is 0 Å². The van der Waals surface area contributed by atoms with E-state index in [1.807, 2.05) is 29.7 Å². The zero-order chi connectivity index (χ0) is 11.1. The van der Waals surface area contributed by atoms with Gasteiger partial charge in [0.05, 0.1) is 6.20 Å². The molecular weight excluding hydrogens is 206 g/mol. The molecule has 1 rings (SSSR count). The number of hydrogen-bond donors (Lipinski definition) is 1. The molecule has 1 aromatic rings. The topological polar surface area (TPSA) is 29.9 Å². The van der Waals surface area contributed by atoms with Crippen LogP contribution in [0.5, 0.6) is 0 Å². The molecule has 1 atom stereocenters. The largest absolute Gasteiger partial charge is 0.310 e.